The molecular weight excluding hydrogens is 464 g/mol. The van der Waals surface area contributed by atoms with Crippen molar-refractivity contribution in [3.05, 3.63) is 83.2 Å². The lowest BCUT2D eigenvalue weighted by Crippen LogP contribution is -2.24. The molecule has 2 fully saturated rings. The number of likely N-dealkylation sites (tertiary alicyclic amines) is 1. The molecule has 1 saturated heterocycles. The van der Waals surface area contributed by atoms with Gasteiger partial charge in [-0.25, -0.2) is 8.78 Å². The number of H-pyrrole nitrogens is 1. The fourth-order valence-electron chi connectivity index (χ4n) is 4.94. The van der Waals surface area contributed by atoms with E-state index in [4.69, 9.17) is 4.74 Å². The number of ether oxygens (including phenoxy) is 1. The van der Waals surface area contributed by atoms with Gasteiger partial charge in [-0.3, -0.25) is 19.8 Å². The highest BCUT2D eigenvalue weighted by Crippen LogP contribution is 2.44. The van der Waals surface area contributed by atoms with Gasteiger partial charge in [-0.2, -0.15) is 5.10 Å². The first-order valence-electron chi connectivity index (χ1n) is 11.9. The second-order valence-electron chi connectivity index (χ2n) is 9.54. The minimum absolute atomic E-state index is 0.110. The predicted octanol–water partition coefficient (Wildman–Crippen LogP) is 4.57. The number of halogens is 2. The third-order valence-corrected chi connectivity index (χ3v) is 6.88. The van der Waals surface area contributed by atoms with Gasteiger partial charge in [-0.05, 0) is 53.5 Å². The van der Waals surface area contributed by atoms with Crippen LogP contribution in [0.5, 0.6) is 0 Å². The average Bonchev–Trinajstić information content (AvgIpc) is 3.38. The molecule has 6 rings (SSSR count). The predicted molar refractivity (Wildman–Crippen MR) is 131 cm³/mol. The number of methoxy groups -OCH3 is 1. The Kier molecular flexibility index (Phi) is 5.44. The van der Waals surface area contributed by atoms with Crippen molar-refractivity contribution in [1.29, 1.82) is 0 Å². The Labute approximate surface area is 206 Å². The van der Waals surface area contributed by atoms with Crippen molar-refractivity contribution in [2.75, 3.05) is 20.2 Å². The molecule has 3 aromatic rings. The van der Waals surface area contributed by atoms with Crippen molar-refractivity contribution in [2.24, 2.45) is 5.92 Å². The van der Waals surface area contributed by atoms with Crippen molar-refractivity contribution in [1.82, 2.24) is 25.4 Å². The van der Waals surface area contributed by atoms with Crippen molar-refractivity contribution in [3.63, 3.8) is 0 Å². The number of hydrogen-bond donors (Lipinski definition) is 2. The molecule has 3 heterocycles. The Morgan fingerprint density at radius 1 is 1.25 bits per heavy atom. The molecule has 1 saturated carbocycles. The summed E-state index contributed by atoms with van der Waals surface area (Å²) in [5.41, 5.74) is 5.57. The Hall–Kier alpha value is -3.85. The van der Waals surface area contributed by atoms with E-state index in [2.05, 4.69) is 20.5 Å². The van der Waals surface area contributed by atoms with Gasteiger partial charge in [0.1, 0.15) is 5.76 Å². The molecule has 1 amide bonds. The summed E-state index contributed by atoms with van der Waals surface area (Å²) in [6.07, 6.45) is 10.0. The fraction of sp³-hybridized carbons (Fsp3) is 0.296. The van der Waals surface area contributed by atoms with E-state index in [1.165, 1.54) is 5.57 Å². The van der Waals surface area contributed by atoms with Crippen LogP contribution in [0.2, 0.25) is 0 Å². The number of nitrogens with one attached hydrogen (secondary N) is 2. The normalized spacial score (nSPS) is 20.8. The summed E-state index contributed by atoms with van der Waals surface area (Å²) >= 11 is 0. The lowest BCUT2D eigenvalue weighted by molar-refractivity contribution is 0.0115. The molecule has 3 aliphatic rings. The second kappa shape index (κ2) is 8.67. The number of carbonyl (C=O) groups is 1. The molecule has 1 aliphatic heterocycles. The number of allylic oxidation sites excluding steroid dienone is 4. The summed E-state index contributed by atoms with van der Waals surface area (Å²) in [6, 6.07) is 7.66. The number of amides is 1. The van der Waals surface area contributed by atoms with E-state index in [1.807, 2.05) is 42.5 Å². The zero-order valence-corrected chi connectivity index (χ0v) is 19.7. The maximum Gasteiger partial charge on any atom is 0.276 e. The molecule has 1 aromatic carbocycles. The number of aromatic nitrogens is 3. The third-order valence-electron chi connectivity index (χ3n) is 6.88. The average molecular weight is 490 g/mol. The van der Waals surface area contributed by atoms with E-state index >= 15 is 0 Å². The zero-order valence-electron chi connectivity index (χ0n) is 19.7. The molecule has 0 radical (unpaired) electrons. The minimum Gasteiger partial charge on any atom is -0.497 e. The van der Waals surface area contributed by atoms with E-state index in [0.29, 0.717) is 35.8 Å². The summed E-state index contributed by atoms with van der Waals surface area (Å²) < 4.78 is 32.5. The first-order chi connectivity index (χ1) is 17.4. The molecule has 9 heteroatoms. The van der Waals surface area contributed by atoms with Crippen molar-refractivity contribution in [2.45, 2.75) is 25.3 Å². The van der Waals surface area contributed by atoms with Crippen LogP contribution in [0.4, 0.5) is 8.78 Å². The highest BCUT2D eigenvalue weighted by atomic mass is 19.3. The van der Waals surface area contributed by atoms with E-state index in [9.17, 15) is 13.6 Å². The third kappa shape index (κ3) is 4.42. The van der Waals surface area contributed by atoms with Gasteiger partial charge in [0.05, 0.1) is 19.2 Å². The number of benzene rings is 1. The topological polar surface area (TPSA) is 83.1 Å². The molecule has 1 unspecified atom stereocenters. The van der Waals surface area contributed by atoms with E-state index in [-0.39, 0.29) is 18.9 Å². The zero-order chi connectivity index (χ0) is 24.9. The number of nitrogens with zero attached hydrogens (tertiary/aromatic N) is 3. The number of aromatic amines is 1. The van der Waals surface area contributed by atoms with E-state index < -0.39 is 5.92 Å². The number of hydrogen-bond acceptors (Lipinski definition) is 5. The summed E-state index contributed by atoms with van der Waals surface area (Å²) in [7, 11) is 1.65. The number of pyridine rings is 1. The molecule has 36 heavy (non-hydrogen) atoms. The molecule has 0 spiro atoms. The smallest absolute Gasteiger partial charge is 0.276 e. The summed E-state index contributed by atoms with van der Waals surface area (Å²) in [5.74, 6) is -1.79. The highest BCUT2D eigenvalue weighted by Gasteiger charge is 2.38. The van der Waals surface area contributed by atoms with Gasteiger partial charge >= 0.3 is 0 Å². The minimum atomic E-state index is -2.62. The van der Waals surface area contributed by atoms with Crippen LogP contribution in [-0.2, 0) is 11.3 Å². The Morgan fingerprint density at radius 3 is 2.94 bits per heavy atom. The van der Waals surface area contributed by atoms with Crippen LogP contribution in [0.1, 0.15) is 28.9 Å². The van der Waals surface area contributed by atoms with Gasteiger partial charge in [0.2, 0.25) is 0 Å². The second-order valence-corrected chi connectivity index (χ2v) is 9.54. The van der Waals surface area contributed by atoms with Gasteiger partial charge in [-0.1, -0.05) is 12.1 Å². The molecule has 2 aromatic heterocycles. The van der Waals surface area contributed by atoms with Gasteiger partial charge < -0.3 is 10.1 Å². The van der Waals surface area contributed by atoms with Crippen molar-refractivity contribution < 1.29 is 18.3 Å². The Morgan fingerprint density at radius 2 is 2.14 bits per heavy atom. The Bertz CT molecular complexity index is 1460. The number of rotatable bonds is 6. The Balaban J connectivity index is 1.23. The maximum atomic E-state index is 13.6. The standard InChI is InChI=1S/C27H25F2N5O2/c1-36-24-5-3-20(9-18-11-21(18)24)31-26(35)25-22-10-17(2-4-23(22)32-33-25)19-8-16(12-30-13-19)14-34-7-6-27(28,29)15-34/h2-5,8-10,12-13,18H,6-7,11,14-15H2,1H3,(H,31,35)(H,32,33). The van der Waals surface area contributed by atoms with Crippen LogP contribution < -0.4 is 5.32 Å². The fourth-order valence-corrected chi connectivity index (χ4v) is 4.94. The summed E-state index contributed by atoms with van der Waals surface area (Å²) in [6.45, 7) is 0.559. The van der Waals surface area contributed by atoms with Crippen molar-refractivity contribution in [3.8, 4) is 11.1 Å². The first kappa shape index (κ1) is 22.6. The van der Waals surface area contributed by atoms with E-state index in [0.717, 1.165) is 34.4 Å². The van der Waals surface area contributed by atoms with Crippen LogP contribution >= 0.6 is 0 Å². The van der Waals surface area contributed by atoms with Crippen molar-refractivity contribution >= 4 is 16.8 Å². The monoisotopic (exact) mass is 489 g/mol. The van der Waals surface area contributed by atoms with Gasteiger partial charge in [-0.15, -0.1) is 0 Å². The number of alkyl halides is 2. The van der Waals surface area contributed by atoms with Crippen LogP contribution in [0, 0.1) is 5.92 Å². The molecule has 2 N–H and O–H groups in total. The molecule has 184 valence electrons. The SMILES string of the molecule is COC1=C2CC2C=C(NC(=O)c2n[nH]c3ccc(-c4cncc(CN5CCC(F)(F)C5)c4)cc23)C=C1. The summed E-state index contributed by atoms with van der Waals surface area (Å²) in [5, 5.41) is 10.8. The first-order valence-corrected chi connectivity index (χ1v) is 11.9. The molecule has 0 bridgehead atoms. The molecular formula is C27H25F2N5O2. The van der Waals surface area contributed by atoms with Gasteiger partial charge in [0.15, 0.2) is 5.69 Å². The summed E-state index contributed by atoms with van der Waals surface area (Å²) in [4.78, 5) is 19.2. The van der Waals surface area contributed by atoms with Crippen LogP contribution in [0.3, 0.4) is 0 Å². The maximum absolute atomic E-state index is 13.6. The van der Waals surface area contributed by atoms with E-state index in [1.54, 1.807) is 24.4 Å². The quantitative estimate of drug-likeness (QED) is 0.530. The van der Waals surface area contributed by atoms with Crippen LogP contribution in [0.25, 0.3) is 22.0 Å². The lowest BCUT2D eigenvalue weighted by Gasteiger charge is -2.15. The van der Waals surface area contributed by atoms with Crippen LogP contribution in [-0.4, -0.2) is 52.1 Å². The number of fused-ring (bicyclic) bond motifs is 2. The largest absolute Gasteiger partial charge is 0.497 e. The van der Waals surface area contributed by atoms with Crippen LogP contribution in [0.15, 0.2) is 71.9 Å². The van der Waals surface area contributed by atoms with Gasteiger partial charge in [0.25, 0.3) is 11.8 Å². The molecule has 2 aliphatic carbocycles. The molecule has 7 nitrogen and oxygen atoms in total. The van der Waals surface area contributed by atoms with Gasteiger partial charge in [0, 0.05) is 54.5 Å². The highest BCUT2D eigenvalue weighted by molar-refractivity contribution is 6.06. The lowest BCUT2D eigenvalue weighted by atomic mass is 10.0. The number of carbonyl (C=O) groups excluding carboxylic acids is 1. The molecule has 1 atom stereocenters.